The summed E-state index contributed by atoms with van der Waals surface area (Å²) in [4.78, 5) is 10.8. The average molecular weight is 248 g/mol. The van der Waals surface area contributed by atoms with Gasteiger partial charge in [-0.25, -0.2) is 4.79 Å². The number of carboxylic acid groups (broad SMARTS) is 1. The molecule has 18 heavy (non-hydrogen) atoms. The minimum Gasteiger partial charge on any atom is -0.507 e. The van der Waals surface area contributed by atoms with Gasteiger partial charge < -0.3 is 19.7 Å². The molecule has 1 aliphatic rings. The molecule has 0 atom stereocenters. The van der Waals surface area contributed by atoms with Crippen LogP contribution in [0.4, 0.5) is 0 Å². The van der Waals surface area contributed by atoms with Crippen LogP contribution in [0.2, 0.25) is 0 Å². The summed E-state index contributed by atoms with van der Waals surface area (Å²) < 4.78 is 10.4. The highest BCUT2D eigenvalue weighted by Gasteiger charge is 2.24. The van der Waals surface area contributed by atoms with Gasteiger partial charge in [-0.3, -0.25) is 5.10 Å². The fourth-order valence-electron chi connectivity index (χ4n) is 1.77. The zero-order valence-electron chi connectivity index (χ0n) is 9.01. The molecule has 0 bridgehead atoms. The number of rotatable bonds is 2. The summed E-state index contributed by atoms with van der Waals surface area (Å²) in [5.74, 6) is -0.332. The lowest BCUT2D eigenvalue weighted by Crippen LogP contribution is -1.95. The second-order valence-electron chi connectivity index (χ2n) is 3.67. The lowest BCUT2D eigenvalue weighted by atomic mass is 10.1. The van der Waals surface area contributed by atoms with Crippen molar-refractivity contribution < 1.29 is 24.5 Å². The Morgan fingerprint density at radius 1 is 1.39 bits per heavy atom. The quantitative estimate of drug-likeness (QED) is 0.737. The molecule has 0 aliphatic carbocycles. The molecule has 7 nitrogen and oxygen atoms in total. The van der Waals surface area contributed by atoms with E-state index in [0.717, 1.165) is 0 Å². The van der Waals surface area contributed by atoms with Gasteiger partial charge in [-0.1, -0.05) is 0 Å². The number of nitrogens with zero attached hydrogens (tertiary/aromatic N) is 1. The number of aromatic hydroxyl groups is 1. The van der Waals surface area contributed by atoms with Crippen molar-refractivity contribution in [1.29, 1.82) is 0 Å². The van der Waals surface area contributed by atoms with E-state index in [2.05, 4.69) is 10.2 Å². The van der Waals surface area contributed by atoms with E-state index in [1.807, 2.05) is 0 Å². The second-order valence-corrected chi connectivity index (χ2v) is 3.67. The van der Waals surface area contributed by atoms with Gasteiger partial charge >= 0.3 is 5.97 Å². The minimum absolute atomic E-state index is 0.0531. The molecule has 1 aliphatic heterocycles. The van der Waals surface area contributed by atoms with Crippen molar-refractivity contribution in [2.45, 2.75) is 0 Å². The summed E-state index contributed by atoms with van der Waals surface area (Å²) >= 11 is 0. The molecule has 2 heterocycles. The van der Waals surface area contributed by atoms with Gasteiger partial charge in [0, 0.05) is 0 Å². The van der Waals surface area contributed by atoms with Crippen molar-refractivity contribution in [3.05, 3.63) is 23.9 Å². The predicted molar refractivity (Wildman–Crippen MR) is 58.8 cm³/mol. The van der Waals surface area contributed by atoms with Crippen LogP contribution in [-0.4, -0.2) is 33.2 Å². The number of aromatic carboxylic acids is 1. The molecule has 1 aromatic carbocycles. The summed E-state index contributed by atoms with van der Waals surface area (Å²) in [5.41, 5.74) is 0.530. The number of carboxylic acids is 1. The van der Waals surface area contributed by atoms with Crippen LogP contribution < -0.4 is 9.47 Å². The van der Waals surface area contributed by atoms with E-state index in [1.54, 1.807) is 6.07 Å². The fraction of sp³-hybridized carbons (Fsp3) is 0.0909. The first-order valence-corrected chi connectivity index (χ1v) is 5.07. The van der Waals surface area contributed by atoms with E-state index < -0.39 is 5.97 Å². The molecular formula is C11H8N2O5. The topological polar surface area (TPSA) is 105 Å². The number of hydrogen-bond donors (Lipinski definition) is 3. The van der Waals surface area contributed by atoms with Gasteiger partial charge in [0.25, 0.3) is 0 Å². The largest absolute Gasteiger partial charge is 0.507 e. The zero-order chi connectivity index (χ0) is 12.7. The SMILES string of the molecule is O=C(O)c1cc(-c2c(O)ccc3c2OCO3)n[nH]1. The lowest BCUT2D eigenvalue weighted by molar-refractivity contribution is 0.0690. The monoisotopic (exact) mass is 248 g/mol. The molecule has 0 spiro atoms. The van der Waals surface area contributed by atoms with Crippen molar-refractivity contribution in [1.82, 2.24) is 10.2 Å². The van der Waals surface area contributed by atoms with Gasteiger partial charge in [0.1, 0.15) is 17.1 Å². The molecule has 7 heteroatoms. The molecule has 92 valence electrons. The van der Waals surface area contributed by atoms with Gasteiger partial charge in [-0.2, -0.15) is 5.10 Å². The van der Waals surface area contributed by atoms with Crippen LogP contribution in [0.15, 0.2) is 18.2 Å². The average Bonchev–Trinajstić information content (AvgIpc) is 2.95. The predicted octanol–water partition coefficient (Wildman–Crippen LogP) is 1.21. The summed E-state index contributed by atoms with van der Waals surface area (Å²) in [6.07, 6.45) is 0. The van der Waals surface area contributed by atoms with Gasteiger partial charge in [-0.05, 0) is 18.2 Å². The Kier molecular flexibility index (Phi) is 2.12. The minimum atomic E-state index is -1.13. The molecule has 1 aromatic heterocycles. The maximum atomic E-state index is 10.8. The third kappa shape index (κ3) is 1.45. The number of H-pyrrole nitrogens is 1. The van der Waals surface area contributed by atoms with E-state index in [-0.39, 0.29) is 23.9 Å². The maximum Gasteiger partial charge on any atom is 0.353 e. The maximum absolute atomic E-state index is 10.8. The number of carbonyl (C=O) groups is 1. The number of fused-ring (bicyclic) bond motifs is 1. The Labute approximate surface area is 101 Å². The summed E-state index contributed by atoms with van der Waals surface area (Å²) in [5, 5.41) is 24.9. The van der Waals surface area contributed by atoms with Crippen molar-refractivity contribution >= 4 is 5.97 Å². The first-order chi connectivity index (χ1) is 8.66. The Hall–Kier alpha value is -2.70. The standard InChI is InChI=1S/C11H8N2O5/c14-7-1-2-8-10(18-4-17-8)9(7)5-3-6(11(15)16)13-12-5/h1-3,14H,4H2,(H,12,13)(H,15,16). The molecule has 0 fully saturated rings. The molecular weight excluding hydrogens is 240 g/mol. The fourth-order valence-corrected chi connectivity index (χ4v) is 1.77. The normalized spacial score (nSPS) is 12.7. The third-order valence-electron chi connectivity index (χ3n) is 2.58. The molecule has 0 saturated heterocycles. The summed E-state index contributed by atoms with van der Waals surface area (Å²) in [6.45, 7) is 0.0575. The van der Waals surface area contributed by atoms with Crippen molar-refractivity contribution in [2.24, 2.45) is 0 Å². The first kappa shape index (κ1) is 10.5. The van der Waals surface area contributed by atoms with E-state index in [9.17, 15) is 9.90 Å². The number of phenolic OH excluding ortho intramolecular Hbond substituents is 1. The molecule has 3 N–H and O–H groups in total. The van der Waals surface area contributed by atoms with Crippen LogP contribution in [0.25, 0.3) is 11.3 Å². The first-order valence-electron chi connectivity index (χ1n) is 5.07. The molecule has 0 saturated carbocycles. The Morgan fingerprint density at radius 2 is 2.22 bits per heavy atom. The number of aromatic amines is 1. The number of aromatic nitrogens is 2. The number of benzene rings is 1. The highest BCUT2D eigenvalue weighted by molar-refractivity contribution is 5.88. The Balaban J connectivity index is 2.16. The summed E-state index contributed by atoms with van der Waals surface area (Å²) in [7, 11) is 0. The highest BCUT2D eigenvalue weighted by atomic mass is 16.7. The third-order valence-corrected chi connectivity index (χ3v) is 2.58. The molecule has 0 radical (unpaired) electrons. The smallest absolute Gasteiger partial charge is 0.353 e. The van der Waals surface area contributed by atoms with Crippen LogP contribution in [0.3, 0.4) is 0 Å². The number of phenols is 1. The van der Waals surface area contributed by atoms with E-state index >= 15 is 0 Å². The number of ether oxygens (including phenoxy) is 2. The van der Waals surface area contributed by atoms with Crippen molar-refractivity contribution in [3.8, 4) is 28.5 Å². The van der Waals surface area contributed by atoms with Crippen LogP contribution in [0.1, 0.15) is 10.5 Å². The number of nitrogens with one attached hydrogen (secondary N) is 1. The zero-order valence-corrected chi connectivity index (χ0v) is 9.01. The Bertz CT molecular complexity index is 634. The molecule has 0 unspecified atom stereocenters. The second kappa shape index (κ2) is 3.66. The summed E-state index contributed by atoms with van der Waals surface area (Å²) in [6, 6.07) is 4.34. The van der Waals surface area contributed by atoms with Crippen molar-refractivity contribution in [3.63, 3.8) is 0 Å². The van der Waals surface area contributed by atoms with Gasteiger partial charge in [-0.15, -0.1) is 0 Å². The molecule has 2 aromatic rings. The van der Waals surface area contributed by atoms with Gasteiger partial charge in [0.05, 0.1) is 5.56 Å². The van der Waals surface area contributed by atoms with E-state index in [4.69, 9.17) is 14.6 Å². The molecule has 0 amide bonds. The number of hydrogen-bond acceptors (Lipinski definition) is 5. The van der Waals surface area contributed by atoms with Crippen LogP contribution in [0, 0.1) is 0 Å². The Morgan fingerprint density at radius 3 is 2.94 bits per heavy atom. The van der Waals surface area contributed by atoms with Crippen molar-refractivity contribution in [2.75, 3.05) is 6.79 Å². The van der Waals surface area contributed by atoms with E-state index in [0.29, 0.717) is 17.1 Å². The van der Waals surface area contributed by atoms with E-state index in [1.165, 1.54) is 12.1 Å². The van der Waals surface area contributed by atoms with Crippen LogP contribution in [-0.2, 0) is 0 Å². The van der Waals surface area contributed by atoms with Crippen LogP contribution in [0.5, 0.6) is 17.2 Å². The molecule has 3 rings (SSSR count). The highest BCUT2D eigenvalue weighted by Crippen LogP contribution is 2.45. The lowest BCUT2D eigenvalue weighted by Gasteiger charge is -2.04. The van der Waals surface area contributed by atoms with Crippen LogP contribution >= 0.6 is 0 Å². The van der Waals surface area contributed by atoms with Gasteiger partial charge in [0.2, 0.25) is 6.79 Å². The van der Waals surface area contributed by atoms with Gasteiger partial charge in [0.15, 0.2) is 11.5 Å².